The lowest BCUT2D eigenvalue weighted by Crippen LogP contribution is -2.15. The zero-order valence-electron chi connectivity index (χ0n) is 10.9. The molecular weight excluding hydrogens is 252 g/mol. The van der Waals surface area contributed by atoms with Gasteiger partial charge in [-0.3, -0.25) is 0 Å². The number of hydrogen-bond acceptors (Lipinski definition) is 3. The van der Waals surface area contributed by atoms with Crippen LogP contribution in [0.5, 0.6) is 0 Å². The van der Waals surface area contributed by atoms with Gasteiger partial charge in [0.15, 0.2) is 0 Å². The summed E-state index contributed by atoms with van der Waals surface area (Å²) in [5, 5.41) is 6.84. The SMILES string of the molecule is c1cc(C2CC2)ccc1-c1nc(CNC2CC2)cs1. The highest BCUT2D eigenvalue weighted by atomic mass is 32.1. The maximum atomic E-state index is 4.73. The third-order valence-electron chi connectivity index (χ3n) is 3.91. The molecule has 0 aliphatic heterocycles. The van der Waals surface area contributed by atoms with E-state index in [9.17, 15) is 0 Å². The van der Waals surface area contributed by atoms with E-state index in [0.717, 1.165) is 23.5 Å². The fraction of sp³-hybridized carbons (Fsp3) is 0.438. The van der Waals surface area contributed by atoms with Crippen LogP contribution in [-0.2, 0) is 6.54 Å². The Labute approximate surface area is 117 Å². The average molecular weight is 270 g/mol. The van der Waals surface area contributed by atoms with Gasteiger partial charge in [0.2, 0.25) is 0 Å². The van der Waals surface area contributed by atoms with Gasteiger partial charge in [-0.05, 0) is 37.2 Å². The van der Waals surface area contributed by atoms with Crippen molar-refractivity contribution in [2.75, 3.05) is 0 Å². The van der Waals surface area contributed by atoms with Crippen molar-refractivity contribution >= 4 is 11.3 Å². The molecule has 1 aromatic heterocycles. The number of aromatic nitrogens is 1. The van der Waals surface area contributed by atoms with Gasteiger partial charge in [-0.1, -0.05) is 24.3 Å². The standard InChI is InChI=1S/C16H18N2S/c1-2-11(1)12-3-5-13(6-4-12)16-18-15(10-19-16)9-17-14-7-8-14/h3-6,10-11,14,17H,1-2,7-9H2. The van der Waals surface area contributed by atoms with E-state index in [-0.39, 0.29) is 0 Å². The molecule has 2 saturated carbocycles. The van der Waals surface area contributed by atoms with Gasteiger partial charge in [-0.25, -0.2) is 4.98 Å². The summed E-state index contributed by atoms with van der Waals surface area (Å²) >= 11 is 1.75. The topological polar surface area (TPSA) is 24.9 Å². The van der Waals surface area contributed by atoms with Crippen LogP contribution in [0, 0.1) is 0 Å². The minimum absolute atomic E-state index is 0.753. The van der Waals surface area contributed by atoms with Crippen molar-refractivity contribution < 1.29 is 0 Å². The second-order valence-corrected chi connectivity index (χ2v) is 6.55. The largest absolute Gasteiger partial charge is 0.308 e. The van der Waals surface area contributed by atoms with Crippen molar-refractivity contribution in [3.8, 4) is 10.6 Å². The normalized spacial score (nSPS) is 18.7. The molecule has 0 spiro atoms. The summed E-state index contributed by atoms with van der Waals surface area (Å²) in [6.07, 6.45) is 5.40. The number of nitrogens with one attached hydrogen (secondary N) is 1. The minimum Gasteiger partial charge on any atom is -0.308 e. The molecule has 0 bridgehead atoms. The van der Waals surface area contributed by atoms with Crippen LogP contribution in [0.15, 0.2) is 29.6 Å². The molecule has 2 fully saturated rings. The zero-order valence-corrected chi connectivity index (χ0v) is 11.7. The molecule has 2 aromatic rings. The molecule has 2 aliphatic carbocycles. The Morgan fingerprint density at radius 2 is 1.89 bits per heavy atom. The van der Waals surface area contributed by atoms with Gasteiger partial charge in [-0.2, -0.15) is 0 Å². The maximum absolute atomic E-state index is 4.73. The van der Waals surface area contributed by atoms with Gasteiger partial charge in [0.05, 0.1) is 5.69 Å². The lowest BCUT2D eigenvalue weighted by molar-refractivity contribution is 0.678. The van der Waals surface area contributed by atoms with Gasteiger partial charge in [0.25, 0.3) is 0 Å². The van der Waals surface area contributed by atoms with Gasteiger partial charge in [0.1, 0.15) is 5.01 Å². The second kappa shape index (κ2) is 4.73. The molecule has 0 radical (unpaired) electrons. The molecule has 2 nitrogen and oxygen atoms in total. The summed E-state index contributed by atoms with van der Waals surface area (Å²) in [5.74, 6) is 0.837. The number of thiazole rings is 1. The van der Waals surface area contributed by atoms with E-state index in [2.05, 4.69) is 35.0 Å². The Morgan fingerprint density at radius 1 is 1.11 bits per heavy atom. The lowest BCUT2D eigenvalue weighted by Gasteiger charge is -2.00. The van der Waals surface area contributed by atoms with E-state index in [1.165, 1.54) is 42.5 Å². The van der Waals surface area contributed by atoms with Crippen molar-refractivity contribution in [1.82, 2.24) is 10.3 Å². The van der Waals surface area contributed by atoms with Crippen LogP contribution in [-0.4, -0.2) is 11.0 Å². The lowest BCUT2D eigenvalue weighted by atomic mass is 10.1. The van der Waals surface area contributed by atoms with E-state index in [0.29, 0.717) is 0 Å². The summed E-state index contributed by atoms with van der Waals surface area (Å²) in [6, 6.07) is 9.75. The van der Waals surface area contributed by atoms with Crippen molar-refractivity contribution in [2.45, 2.75) is 44.2 Å². The number of benzene rings is 1. The Morgan fingerprint density at radius 3 is 2.58 bits per heavy atom. The van der Waals surface area contributed by atoms with Gasteiger partial charge < -0.3 is 5.32 Å². The number of hydrogen-bond donors (Lipinski definition) is 1. The fourth-order valence-corrected chi connectivity index (χ4v) is 3.20. The summed E-state index contributed by atoms with van der Waals surface area (Å²) in [6.45, 7) is 0.918. The Hall–Kier alpha value is -1.19. The summed E-state index contributed by atoms with van der Waals surface area (Å²) in [4.78, 5) is 4.73. The molecular formula is C16H18N2S. The second-order valence-electron chi connectivity index (χ2n) is 5.70. The number of rotatable bonds is 5. The highest BCUT2D eigenvalue weighted by Crippen LogP contribution is 2.40. The molecule has 0 atom stereocenters. The molecule has 2 aliphatic rings. The van der Waals surface area contributed by atoms with Crippen molar-refractivity contribution in [3.63, 3.8) is 0 Å². The third-order valence-corrected chi connectivity index (χ3v) is 4.85. The van der Waals surface area contributed by atoms with Crippen LogP contribution < -0.4 is 5.32 Å². The van der Waals surface area contributed by atoms with Crippen LogP contribution in [0.25, 0.3) is 10.6 Å². The van der Waals surface area contributed by atoms with Crippen LogP contribution in [0.1, 0.15) is 42.9 Å². The Kier molecular flexibility index (Phi) is 2.89. The number of nitrogens with zero attached hydrogens (tertiary/aromatic N) is 1. The average Bonchev–Trinajstić information content (AvgIpc) is 3.36. The van der Waals surface area contributed by atoms with Crippen LogP contribution in [0.2, 0.25) is 0 Å². The van der Waals surface area contributed by atoms with Gasteiger partial charge in [-0.15, -0.1) is 11.3 Å². The first-order chi connectivity index (χ1) is 9.38. The smallest absolute Gasteiger partial charge is 0.123 e. The molecule has 4 rings (SSSR count). The van der Waals surface area contributed by atoms with Crippen molar-refractivity contribution in [1.29, 1.82) is 0 Å². The molecule has 1 heterocycles. The first-order valence-electron chi connectivity index (χ1n) is 7.16. The fourth-order valence-electron chi connectivity index (χ4n) is 2.37. The zero-order chi connectivity index (χ0) is 12.7. The Bertz CT molecular complexity index is 565. The summed E-state index contributed by atoms with van der Waals surface area (Å²) in [7, 11) is 0. The molecule has 3 heteroatoms. The van der Waals surface area contributed by atoms with Gasteiger partial charge in [0, 0.05) is 23.5 Å². The van der Waals surface area contributed by atoms with E-state index >= 15 is 0 Å². The van der Waals surface area contributed by atoms with Crippen molar-refractivity contribution in [3.05, 3.63) is 40.9 Å². The predicted molar refractivity (Wildman–Crippen MR) is 79.4 cm³/mol. The van der Waals surface area contributed by atoms with E-state index in [1.807, 2.05) is 0 Å². The molecule has 0 unspecified atom stereocenters. The molecule has 0 saturated heterocycles. The summed E-state index contributed by atoms with van der Waals surface area (Å²) in [5.41, 5.74) is 3.93. The third kappa shape index (κ3) is 2.72. The molecule has 1 N–H and O–H groups in total. The van der Waals surface area contributed by atoms with Crippen LogP contribution in [0.4, 0.5) is 0 Å². The first kappa shape index (κ1) is 11.6. The van der Waals surface area contributed by atoms with Crippen molar-refractivity contribution in [2.24, 2.45) is 0 Å². The highest BCUT2D eigenvalue weighted by molar-refractivity contribution is 7.13. The van der Waals surface area contributed by atoms with E-state index in [1.54, 1.807) is 11.3 Å². The van der Waals surface area contributed by atoms with Crippen LogP contribution >= 0.6 is 11.3 Å². The first-order valence-corrected chi connectivity index (χ1v) is 8.04. The van der Waals surface area contributed by atoms with E-state index < -0.39 is 0 Å². The highest BCUT2D eigenvalue weighted by Gasteiger charge is 2.23. The van der Waals surface area contributed by atoms with Crippen LogP contribution in [0.3, 0.4) is 0 Å². The van der Waals surface area contributed by atoms with Gasteiger partial charge >= 0.3 is 0 Å². The maximum Gasteiger partial charge on any atom is 0.123 e. The predicted octanol–water partition coefficient (Wildman–Crippen LogP) is 3.94. The molecule has 98 valence electrons. The monoisotopic (exact) mass is 270 g/mol. The molecule has 1 aromatic carbocycles. The quantitative estimate of drug-likeness (QED) is 0.890. The summed E-state index contributed by atoms with van der Waals surface area (Å²) < 4.78 is 0. The Balaban J connectivity index is 1.47. The molecule has 0 amide bonds. The molecule has 19 heavy (non-hydrogen) atoms. The minimum atomic E-state index is 0.753. The van der Waals surface area contributed by atoms with E-state index in [4.69, 9.17) is 4.98 Å².